The molecule has 5 heteroatoms. The van der Waals surface area contributed by atoms with Gasteiger partial charge in [-0.1, -0.05) is 6.42 Å². The number of rotatable bonds is 4. The lowest BCUT2D eigenvalue weighted by atomic mass is 10.0. The van der Waals surface area contributed by atoms with Crippen molar-refractivity contribution in [2.75, 3.05) is 6.61 Å². The first-order valence-corrected chi connectivity index (χ1v) is 5.77. The van der Waals surface area contributed by atoms with Crippen LogP contribution in [-0.4, -0.2) is 34.7 Å². The normalized spacial score (nSPS) is 37.1. The van der Waals surface area contributed by atoms with Crippen LogP contribution in [0.2, 0.25) is 0 Å². The highest BCUT2D eigenvalue weighted by Gasteiger charge is 2.49. The first-order valence-electron chi connectivity index (χ1n) is 5.77. The lowest BCUT2D eigenvalue weighted by Gasteiger charge is -2.18. The molecule has 0 radical (unpaired) electrons. The van der Waals surface area contributed by atoms with Crippen molar-refractivity contribution in [3.8, 4) is 0 Å². The molecule has 0 spiro atoms. The second-order valence-corrected chi connectivity index (χ2v) is 4.78. The van der Waals surface area contributed by atoms with Crippen molar-refractivity contribution in [3.05, 3.63) is 0 Å². The van der Waals surface area contributed by atoms with Crippen molar-refractivity contribution >= 4 is 11.9 Å². The van der Waals surface area contributed by atoms with E-state index in [1.54, 1.807) is 0 Å². The van der Waals surface area contributed by atoms with Crippen molar-refractivity contribution in [2.24, 2.45) is 17.8 Å². The van der Waals surface area contributed by atoms with Crippen LogP contribution in [0.3, 0.4) is 0 Å². The molecule has 0 aromatic heterocycles. The fourth-order valence-electron chi connectivity index (χ4n) is 2.49. The van der Waals surface area contributed by atoms with Crippen LogP contribution >= 0.6 is 0 Å². The largest absolute Gasteiger partial charge is 0.481 e. The SMILES string of the molecule is O=C(O)[C@H]1C[C@H]1C(=O)NC1CCCC1CO. The molecule has 2 aliphatic carbocycles. The van der Waals surface area contributed by atoms with Crippen molar-refractivity contribution < 1.29 is 19.8 Å². The molecule has 4 atom stereocenters. The molecule has 2 aliphatic rings. The number of hydrogen-bond acceptors (Lipinski definition) is 3. The van der Waals surface area contributed by atoms with E-state index >= 15 is 0 Å². The summed E-state index contributed by atoms with van der Waals surface area (Å²) in [6.45, 7) is 0.0952. The number of hydrogen-bond donors (Lipinski definition) is 3. The molecular weight excluding hydrogens is 210 g/mol. The molecule has 0 aliphatic heterocycles. The van der Waals surface area contributed by atoms with Crippen molar-refractivity contribution in [1.29, 1.82) is 0 Å². The quantitative estimate of drug-likeness (QED) is 0.630. The average Bonchev–Trinajstić information content (AvgIpc) is 2.94. The van der Waals surface area contributed by atoms with Gasteiger partial charge in [-0.3, -0.25) is 9.59 Å². The van der Waals surface area contributed by atoms with Crippen molar-refractivity contribution in [2.45, 2.75) is 31.7 Å². The zero-order valence-corrected chi connectivity index (χ0v) is 9.06. The molecule has 16 heavy (non-hydrogen) atoms. The summed E-state index contributed by atoms with van der Waals surface area (Å²) in [4.78, 5) is 22.3. The Morgan fingerprint density at radius 3 is 2.56 bits per heavy atom. The zero-order valence-electron chi connectivity index (χ0n) is 9.06. The van der Waals surface area contributed by atoms with E-state index in [1.165, 1.54) is 0 Å². The van der Waals surface area contributed by atoms with Gasteiger partial charge in [0.25, 0.3) is 0 Å². The van der Waals surface area contributed by atoms with Gasteiger partial charge in [-0.2, -0.15) is 0 Å². The van der Waals surface area contributed by atoms with Gasteiger partial charge in [-0.15, -0.1) is 0 Å². The lowest BCUT2D eigenvalue weighted by Crippen LogP contribution is -2.39. The molecule has 0 saturated heterocycles. The molecule has 5 nitrogen and oxygen atoms in total. The Hall–Kier alpha value is -1.10. The Bertz CT molecular complexity index is 304. The Kier molecular flexibility index (Phi) is 3.14. The van der Waals surface area contributed by atoms with Gasteiger partial charge in [0.2, 0.25) is 5.91 Å². The van der Waals surface area contributed by atoms with Gasteiger partial charge in [0.05, 0.1) is 11.8 Å². The van der Waals surface area contributed by atoms with Crippen LogP contribution in [0.5, 0.6) is 0 Å². The third-order valence-corrected chi connectivity index (χ3v) is 3.67. The van der Waals surface area contributed by atoms with Crippen LogP contribution < -0.4 is 5.32 Å². The minimum atomic E-state index is -0.884. The van der Waals surface area contributed by atoms with Crippen LogP contribution in [0.1, 0.15) is 25.7 Å². The highest BCUT2D eigenvalue weighted by atomic mass is 16.4. The molecule has 3 N–H and O–H groups in total. The van der Waals surface area contributed by atoms with Gasteiger partial charge >= 0.3 is 5.97 Å². The van der Waals surface area contributed by atoms with Crippen LogP contribution in [-0.2, 0) is 9.59 Å². The fraction of sp³-hybridized carbons (Fsp3) is 0.818. The first kappa shape index (κ1) is 11.4. The number of carboxylic acid groups (broad SMARTS) is 1. The van der Waals surface area contributed by atoms with Crippen LogP contribution in [0.25, 0.3) is 0 Å². The zero-order chi connectivity index (χ0) is 11.7. The molecule has 0 aromatic carbocycles. The number of carboxylic acids is 1. The molecule has 1 amide bonds. The molecule has 0 aromatic rings. The summed E-state index contributed by atoms with van der Waals surface area (Å²) in [6.07, 6.45) is 3.30. The van der Waals surface area contributed by atoms with Crippen LogP contribution in [0.4, 0.5) is 0 Å². The van der Waals surface area contributed by atoms with E-state index in [2.05, 4.69) is 5.32 Å². The van der Waals surface area contributed by atoms with Gasteiger partial charge < -0.3 is 15.5 Å². The predicted octanol–water partition coefficient (Wildman–Crippen LogP) is -0.0157. The standard InChI is InChI=1S/C11H17NO4/c13-5-6-2-1-3-9(6)12-10(14)7-4-8(7)11(15)16/h6-9,13H,1-5H2,(H,12,14)(H,15,16)/t6?,7-,8+,9?/m1/s1. The summed E-state index contributed by atoms with van der Waals surface area (Å²) in [5, 5.41) is 20.7. The predicted molar refractivity (Wildman–Crippen MR) is 55.6 cm³/mol. The van der Waals surface area contributed by atoms with E-state index in [0.29, 0.717) is 6.42 Å². The maximum Gasteiger partial charge on any atom is 0.307 e. The molecular formula is C11H17NO4. The van der Waals surface area contributed by atoms with E-state index in [0.717, 1.165) is 19.3 Å². The number of nitrogens with one attached hydrogen (secondary N) is 1. The Morgan fingerprint density at radius 2 is 2.00 bits per heavy atom. The van der Waals surface area contributed by atoms with Gasteiger partial charge in [-0.25, -0.2) is 0 Å². The highest BCUT2D eigenvalue weighted by molar-refractivity contribution is 5.89. The topological polar surface area (TPSA) is 86.6 Å². The molecule has 2 rings (SSSR count). The van der Waals surface area contributed by atoms with E-state index < -0.39 is 11.9 Å². The summed E-state index contributed by atoms with van der Waals surface area (Å²) in [5.41, 5.74) is 0. The monoisotopic (exact) mass is 227 g/mol. The van der Waals surface area contributed by atoms with Crippen LogP contribution in [0, 0.1) is 17.8 Å². The Morgan fingerprint density at radius 1 is 1.25 bits per heavy atom. The van der Waals surface area contributed by atoms with Crippen LogP contribution in [0.15, 0.2) is 0 Å². The van der Waals surface area contributed by atoms with Gasteiger partial charge in [0.1, 0.15) is 0 Å². The highest BCUT2D eigenvalue weighted by Crippen LogP contribution is 2.39. The van der Waals surface area contributed by atoms with Gasteiger partial charge in [-0.05, 0) is 19.3 Å². The smallest absolute Gasteiger partial charge is 0.307 e. The number of aliphatic hydroxyl groups is 1. The lowest BCUT2D eigenvalue weighted by molar-refractivity contribution is -0.140. The maximum atomic E-state index is 11.7. The second-order valence-electron chi connectivity index (χ2n) is 4.78. The molecule has 0 bridgehead atoms. The molecule has 2 saturated carbocycles. The number of aliphatic hydroxyl groups excluding tert-OH is 1. The number of amides is 1. The number of carbonyl (C=O) groups is 2. The minimum absolute atomic E-state index is 0.0348. The van der Waals surface area contributed by atoms with Gasteiger partial charge in [0, 0.05) is 18.6 Å². The maximum absolute atomic E-state index is 11.7. The summed E-state index contributed by atoms with van der Waals surface area (Å²) < 4.78 is 0. The van der Waals surface area contributed by atoms with E-state index in [4.69, 9.17) is 10.2 Å². The van der Waals surface area contributed by atoms with E-state index in [1.807, 2.05) is 0 Å². The third kappa shape index (κ3) is 2.19. The Labute approximate surface area is 93.8 Å². The average molecular weight is 227 g/mol. The third-order valence-electron chi connectivity index (χ3n) is 3.67. The van der Waals surface area contributed by atoms with E-state index in [9.17, 15) is 9.59 Å². The molecule has 0 heterocycles. The van der Waals surface area contributed by atoms with E-state index in [-0.39, 0.29) is 30.4 Å². The molecule has 90 valence electrons. The molecule has 2 fully saturated rings. The summed E-state index contributed by atoms with van der Waals surface area (Å²) >= 11 is 0. The molecule has 2 unspecified atom stereocenters. The van der Waals surface area contributed by atoms with Crippen molar-refractivity contribution in [1.82, 2.24) is 5.32 Å². The minimum Gasteiger partial charge on any atom is -0.481 e. The summed E-state index contributed by atoms with van der Waals surface area (Å²) in [6, 6.07) is 0.0348. The van der Waals surface area contributed by atoms with Gasteiger partial charge in [0.15, 0.2) is 0 Å². The number of aliphatic carboxylic acids is 1. The van der Waals surface area contributed by atoms with Crippen molar-refractivity contribution in [3.63, 3.8) is 0 Å². The number of carbonyl (C=O) groups excluding carboxylic acids is 1. The summed E-state index contributed by atoms with van der Waals surface area (Å²) in [5.74, 6) is -1.74. The Balaban J connectivity index is 1.82. The summed E-state index contributed by atoms with van der Waals surface area (Å²) in [7, 11) is 0. The second kappa shape index (κ2) is 4.41. The fourth-order valence-corrected chi connectivity index (χ4v) is 2.49. The first-order chi connectivity index (χ1) is 7.63.